The van der Waals surface area contributed by atoms with Crippen molar-refractivity contribution >= 4 is 37.8 Å². The molecule has 1 saturated carbocycles. The lowest BCUT2D eigenvalue weighted by Gasteiger charge is -2.34. The fourth-order valence-electron chi connectivity index (χ4n) is 2.27. The van der Waals surface area contributed by atoms with Gasteiger partial charge in [0.1, 0.15) is 0 Å². The molecule has 0 unspecified atom stereocenters. The zero-order chi connectivity index (χ0) is 13.3. The van der Waals surface area contributed by atoms with Gasteiger partial charge < -0.3 is 4.90 Å². The van der Waals surface area contributed by atoms with Gasteiger partial charge in [-0.1, -0.05) is 22.0 Å². The fourth-order valence-corrected chi connectivity index (χ4v) is 3.99. The van der Waals surface area contributed by atoms with Crippen molar-refractivity contribution in [1.29, 1.82) is 0 Å². The molecule has 0 aliphatic heterocycles. The Labute approximate surface area is 125 Å². The summed E-state index contributed by atoms with van der Waals surface area (Å²) in [6.45, 7) is 2.87. The minimum atomic E-state index is 0.0971. The molecule has 4 heteroatoms. The number of hydrogen-bond acceptors (Lipinski definition) is 1. The van der Waals surface area contributed by atoms with Crippen molar-refractivity contribution in [3.05, 3.63) is 33.8 Å². The lowest BCUT2D eigenvalue weighted by Crippen LogP contribution is -2.37. The molecule has 0 radical (unpaired) electrons. The van der Waals surface area contributed by atoms with Gasteiger partial charge in [-0.25, -0.2) is 0 Å². The van der Waals surface area contributed by atoms with E-state index in [4.69, 9.17) is 0 Å². The van der Waals surface area contributed by atoms with Crippen LogP contribution >= 0.6 is 31.9 Å². The van der Waals surface area contributed by atoms with Crippen molar-refractivity contribution < 1.29 is 4.79 Å². The van der Waals surface area contributed by atoms with Crippen LogP contribution in [0.25, 0.3) is 0 Å². The number of aryl methyl sites for hydroxylation is 1. The predicted molar refractivity (Wildman–Crippen MR) is 81.3 cm³/mol. The molecule has 0 spiro atoms. The molecule has 0 bridgehead atoms. The normalized spacial score (nSPS) is 22.4. The Bertz CT molecular complexity index is 455. The number of carbonyl (C=O) groups excluding carboxylic acids is 1. The molecule has 1 aromatic rings. The Kier molecular flexibility index (Phi) is 4.49. The molecule has 0 N–H and O–H groups in total. The van der Waals surface area contributed by atoms with E-state index in [0.717, 1.165) is 22.1 Å². The van der Waals surface area contributed by atoms with Crippen LogP contribution in [0.2, 0.25) is 0 Å². The molecule has 2 rings (SSSR count). The van der Waals surface area contributed by atoms with Gasteiger partial charge in [-0.05, 0) is 59.3 Å². The lowest BCUT2D eigenvalue weighted by molar-refractivity contribution is 0.0748. The second-order valence-electron chi connectivity index (χ2n) is 5.10. The Hall–Kier alpha value is -0.350. The van der Waals surface area contributed by atoms with Crippen molar-refractivity contribution in [1.82, 2.24) is 4.90 Å². The quantitative estimate of drug-likeness (QED) is 0.732. The third-order valence-corrected chi connectivity index (χ3v) is 4.82. The van der Waals surface area contributed by atoms with Crippen LogP contribution in [0.1, 0.15) is 28.8 Å². The molecule has 1 fully saturated rings. The smallest absolute Gasteiger partial charge is 0.254 e. The van der Waals surface area contributed by atoms with Crippen LogP contribution in [-0.4, -0.2) is 29.2 Å². The Morgan fingerprint density at radius 2 is 2.11 bits per heavy atom. The third-order valence-electron chi connectivity index (χ3n) is 3.41. The first-order valence-corrected chi connectivity index (χ1v) is 7.84. The van der Waals surface area contributed by atoms with Gasteiger partial charge in [0.15, 0.2) is 0 Å². The third kappa shape index (κ3) is 3.15. The maximum absolute atomic E-state index is 12.3. The molecule has 0 atom stereocenters. The summed E-state index contributed by atoms with van der Waals surface area (Å²) in [4.78, 5) is 14.8. The lowest BCUT2D eigenvalue weighted by atomic mass is 9.85. The van der Waals surface area contributed by atoms with Crippen LogP contribution in [0, 0.1) is 12.8 Å². The molecule has 1 amide bonds. The van der Waals surface area contributed by atoms with E-state index in [1.54, 1.807) is 0 Å². The van der Waals surface area contributed by atoms with Gasteiger partial charge in [-0.2, -0.15) is 0 Å². The van der Waals surface area contributed by atoms with E-state index < -0.39 is 0 Å². The molecule has 2 nitrogen and oxygen atoms in total. The summed E-state index contributed by atoms with van der Waals surface area (Å²) in [7, 11) is 1.89. The van der Waals surface area contributed by atoms with Crippen LogP contribution in [-0.2, 0) is 0 Å². The summed E-state index contributed by atoms with van der Waals surface area (Å²) in [5, 5.41) is 0. The van der Waals surface area contributed by atoms with Crippen molar-refractivity contribution in [3.8, 4) is 0 Å². The average molecular weight is 375 g/mol. The van der Waals surface area contributed by atoms with Crippen molar-refractivity contribution in [2.45, 2.75) is 24.6 Å². The zero-order valence-electron chi connectivity index (χ0n) is 10.6. The number of hydrogen-bond donors (Lipinski definition) is 0. The highest BCUT2D eigenvalue weighted by Gasteiger charge is 2.29. The zero-order valence-corrected chi connectivity index (χ0v) is 13.8. The SMILES string of the molecule is Cc1ccc(C(=O)N(C)CC2CC(Br)C2)c(Br)c1. The maximum Gasteiger partial charge on any atom is 0.254 e. The van der Waals surface area contributed by atoms with Crippen molar-refractivity contribution in [2.24, 2.45) is 5.92 Å². The molecule has 0 heterocycles. The van der Waals surface area contributed by atoms with Gasteiger partial charge in [0.25, 0.3) is 5.91 Å². The summed E-state index contributed by atoms with van der Waals surface area (Å²) < 4.78 is 0.881. The van der Waals surface area contributed by atoms with E-state index in [1.165, 1.54) is 12.8 Å². The first-order chi connectivity index (χ1) is 8.47. The minimum absolute atomic E-state index is 0.0971. The van der Waals surface area contributed by atoms with E-state index in [0.29, 0.717) is 10.7 Å². The molecule has 0 saturated heterocycles. The van der Waals surface area contributed by atoms with Crippen molar-refractivity contribution in [2.75, 3.05) is 13.6 Å². The van der Waals surface area contributed by atoms with Crippen LogP contribution in [0.3, 0.4) is 0 Å². The largest absolute Gasteiger partial charge is 0.341 e. The Morgan fingerprint density at radius 3 is 2.67 bits per heavy atom. The molecule has 1 aliphatic carbocycles. The molecule has 1 aliphatic rings. The van der Waals surface area contributed by atoms with Crippen molar-refractivity contribution in [3.63, 3.8) is 0 Å². The summed E-state index contributed by atoms with van der Waals surface area (Å²) >= 11 is 7.05. The number of amides is 1. The molecule has 98 valence electrons. The number of rotatable bonds is 3. The van der Waals surface area contributed by atoms with Gasteiger partial charge in [-0.3, -0.25) is 4.79 Å². The Morgan fingerprint density at radius 1 is 1.44 bits per heavy atom. The first-order valence-electron chi connectivity index (χ1n) is 6.13. The van der Waals surface area contributed by atoms with E-state index in [-0.39, 0.29) is 5.91 Å². The van der Waals surface area contributed by atoms with E-state index >= 15 is 0 Å². The average Bonchev–Trinajstić information content (AvgIpc) is 2.26. The highest BCUT2D eigenvalue weighted by molar-refractivity contribution is 9.10. The Balaban J connectivity index is 2.01. The van der Waals surface area contributed by atoms with Gasteiger partial charge in [0.2, 0.25) is 0 Å². The number of carbonyl (C=O) groups is 1. The predicted octanol–water partition coefficient (Wildman–Crippen LogP) is 4.00. The molecule has 18 heavy (non-hydrogen) atoms. The van der Waals surface area contributed by atoms with Gasteiger partial charge in [0, 0.05) is 22.9 Å². The highest BCUT2D eigenvalue weighted by atomic mass is 79.9. The first kappa shape index (κ1) is 14.1. The van der Waals surface area contributed by atoms with E-state index in [9.17, 15) is 4.79 Å². The monoisotopic (exact) mass is 373 g/mol. The van der Waals surface area contributed by atoms with E-state index in [2.05, 4.69) is 31.9 Å². The number of alkyl halides is 1. The standard InChI is InChI=1S/C14H17Br2NO/c1-9-3-4-12(13(16)5-9)14(18)17(2)8-10-6-11(15)7-10/h3-5,10-11H,6-8H2,1-2H3. The molecular formula is C14H17Br2NO. The number of nitrogens with zero attached hydrogens (tertiary/aromatic N) is 1. The second kappa shape index (κ2) is 5.74. The molecular weight excluding hydrogens is 358 g/mol. The molecule has 0 aromatic heterocycles. The van der Waals surface area contributed by atoms with Gasteiger partial charge in [-0.15, -0.1) is 0 Å². The second-order valence-corrected chi connectivity index (χ2v) is 7.25. The summed E-state index contributed by atoms with van der Waals surface area (Å²) in [6.07, 6.45) is 2.35. The van der Waals surface area contributed by atoms with Crippen LogP contribution in [0.4, 0.5) is 0 Å². The van der Waals surface area contributed by atoms with Gasteiger partial charge >= 0.3 is 0 Å². The van der Waals surface area contributed by atoms with Gasteiger partial charge in [0.05, 0.1) is 5.56 Å². The van der Waals surface area contributed by atoms with Crippen LogP contribution in [0.5, 0.6) is 0 Å². The topological polar surface area (TPSA) is 20.3 Å². The number of benzene rings is 1. The van der Waals surface area contributed by atoms with Crippen LogP contribution < -0.4 is 0 Å². The minimum Gasteiger partial charge on any atom is -0.341 e. The maximum atomic E-state index is 12.3. The summed E-state index contributed by atoms with van der Waals surface area (Å²) in [5.74, 6) is 0.743. The van der Waals surface area contributed by atoms with E-state index in [1.807, 2.05) is 37.1 Å². The summed E-state index contributed by atoms with van der Waals surface area (Å²) in [6, 6.07) is 5.86. The summed E-state index contributed by atoms with van der Waals surface area (Å²) in [5.41, 5.74) is 1.90. The fraction of sp³-hybridized carbons (Fsp3) is 0.500. The van der Waals surface area contributed by atoms with Crippen LogP contribution in [0.15, 0.2) is 22.7 Å². The highest BCUT2D eigenvalue weighted by Crippen LogP contribution is 2.34. The molecule has 1 aromatic carbocycles. The number of halogens is 2.